The van der Waals surface area contributed by atoms with Gasteiger partial charge in [0, 0.05) is 23.6 Å². The third-order valence-corrected chi connectivity index (χ3v) is 7.92. The summed E-state index contributed by atoms with van der Waals surface area (Å²) in [5.74, 6) is 3.67. The van der Waals surface area contributed by atoms with Gasteiger partial charge in [-0.3, -0.25) is 14.9 Å². The molecule has 0 aliphatic carbocycles. The van der Waals surface area contributed by atoms with Crippen LogP contribution in [0.25, 0.3) is 11.3 Å². The summed E-state index contributed by atoms with van der Waals surface area (Å²) in [4.78, 5) is 22.6. The number of nitrogens with zero attached hydrogens (tertiary/aromatic N) is 2. The van der Waals surface area contributed by atoms with Gasteiger partial charge in [-0.2, -0.15) is 5.10 Å². The normalized spacial score (nSPS) is 13.8. The van der Waals surface area contributed by atoms with Gasteiger partial charge in [0.1, 0.15) is 23.0 Å². The van der Waals surface area contributed by atoms with Crippen LogP contribution in [0.5, 0.6) is 11.5 Å². The number of nitro benzene ring substituents is 1. The van der Waals surface area contributed by atoms with Crippen molar-refractivity contribution in [1.29, 1.82) is 0 Å². The predicted molar refractivity (Wildman–Crippen MR) is 133 cm³/mol. The van der Waals surface area contributed by atoms with Crippen LogP contribution >= 0.6 is 23.5 Å². The zero-order valence-electron chi connectivity index (χ0n) is 18.1. The lowest BCUT2D eigenvalue weighted by atomic mass is 10.1. The van der Waals surface area contributed by atoms with E-state index in [-0.39, 0.29) is 12.3 Å². The number of carbonyl (C=O) groups excluding carboxylic acids is 1. The third-order valence-electron chi connectivity index (χ3n) is 4.81. The number of furan rings is 1. The highest BCUT2D eigenvalue weighted by Crippen LogP contribution is 2.45. The number of hydrazone groups is 1. The molecule has 0 atom stereocenters. The molecule has 2 heterocycles. The highest BCUT2D eigenvalue weighted by Gasteiger charge is 2.18. The van der Waals surface area contributed by atoms with Crippen molar-refractivity contribution in [2.24, 2.45) is 5.10 Å². The van der Waals surface area contributed by atoms with E-state index in [9.17, 15) is 14.9 Å². The molecule has 1 N–H and O–H groups in total. The van der Waals surface area contributed by atoms with Gasteiger partial charge in [0.05, 0.1) is 28.4 Å². The van der Waals surface area contributed by atoms with E-state index in [1.807, 2.05) is 47.8 Å². The molecule has 1 amide bonds. The van der Waals surface area contributed by atoms with E-state index in [1.165, 1.54) is 37.1 Å². The van der Waals surface area contributed by atoms with E-state index < -0.39 is 10.8 Å². The van der Waals surface area contributed by atoms with Gasteiger partial charge in [-0.1, -0.05) is 12.1 Å². The van der Waals surface area contributed by atoms with E-state index >= 15 is 0 Å². The molecule has 1 aromatic heterocycles. The lowest BCUT2D eigenvalue weighted by Gasteiger charge is -2.09. The first-order valence-electron chi connectivity index (χ1n) is 10.2. The van der Waals surface area contributed by atoms with E-state index in [2.05, 4.69) is 10.5 Å². The SMILES string of the molecule is COc1ccc([N+](=O)[O-])cc1-c1ccc(/C=N\NC(=O)COc2ccc(C3SCCS3)cc2)o1. The maximum absolute atomic E-state index is 12.0. The molecule has 2 aromatic carbocycles. The summed E-state index contributed by atoms with van der Waals surface area (Å²) in [5, 5.41) is 14.9. The molecule has 0 bridgehead atoms. The van der Waals surface area contributed by atoms with E-state index in [1.54, 1.807) is 12.1 Å². The predicted octanol–water partition coefficient (Wildman–Crippen LogP) is 4.87. The molecule has 11 heteroatoms. The summed E-state index contributed by atoms with van der Waals surface area (Å²) < 4.78 is 16.9. The molecular formula is C23H21N3O6S2. The average molecular weight is 500 g/mol. The highest BCUT2D eigenvalue weighted by atomic mass is 32.2. The molecule has 4 rings (SSSR count). The Morgan fingerprint density at radius 1 is 1.21 bits per heavy atom. The molecule has 3 aromatic rings. The minimum absolute atomic E-state index is 0.0827. The highest BCUT2D eigenvalue weighted by molar-refractivity contribution is 8.19. The van der Waals surface area contributed by atoms with E-state index in [4.69, 9.17) is 13.9 Å². The molecular weight excluding hydrogens is 478 g/mol. The van der Waals surface area contributed by atoms with Crippen LogP contribution in [0, 0.1) is 10.1 Å². The van der Waals surface area contributed by atoms with Crippen LogP contribution in [0.4, 0.5) is 5.69 Å². The summed E-state index contributed by atoms with van der Waals surface area (Å²) in [6.45, 7) is -0.183. The number of rotatable bonds is 9. The van der Waals surface area contributed by atoms with Crippen molar-refractivity contribution in [1.82, 2.24) is 5.43 Å². The van der Waals surface area contributed by atoms with Crippen molar-refractivity contribution >= 4 is 41.3 Å². The van der Waals surface area contributed by atoms with Crippen molar-refractivity contribution in [2.75, 3.05) is 25.2 Å². The molecule has 34 heavy (non-hydrogen) atoms. The Hall–Kier alpha value is -3.44. The summed E-state index contributed by atoms with van der Waals surface area (Å²) >= 11 is 3.86. The lowest BCUT2D eigenvalue weighted by Crippen LogP contribution is -2.24. The summed E-state index contributed by atoms with van der Waals surface area (Å²) in [7, 11) is 1.47. The van der Waals surface area contributed by atoms with Crippen molar-refractivity contribution in [3.63, 3.8) is 0 Å². The van der Waals surface area contributed by atoms with Gasteiger partial charge in [0.15, 0.2) is 6.61 Å². The molecule has 9 nitrogen and oxygen atoms in total. The first kappa shape index (κ1) is 23.7. The number of thioether (sulfide) groups is 2. The Kier molecular flexibility index (Phi) is 7.76. The standard InChI is InChI=1S/C23H21N3O6S2/c1-30-20-8-4-16(26(28)29)12-19(20)21-9-7-18(32-21)13-24-25-22(27)14-31-17-5-2-15(3-6-17)23-33-10-11-34-23/h2-9,12-13,23H,10-11,14H2,1H3,(H,25,27)/b24-13-. The van der Waals surface area contributed by atoms with Gasteiger partial charge in [-0.25, -0.2) is 5.43 Å². The molecule has 0 saturated carbocycles. The number of hydrogen-bond donors (Lipinski definition) is 1. The van der Waals surface area contributed by atoms with Crippen LogP contribution < -0.4 is 14.9 Å². The fourth-order valence-electron chi connectivity index (χ4n) is 3.19. The Morgan fingerprint density at radius 2 is 1.97 bits per heavy atom. The first-order valence-corrected chi connectivity index (χ1v) is 12.3. The molecule has 1 aliphatic heterocycles. The fourth-order valence-corrected chi connectivity index (χ4v) is 6.05. The summed E-state index contributed by atoms with van der Waals surface area (Å²) in [6.07, 6.45) is 1.33. The van der Waals surface area contributed by atoms with Crippen molar-refractivity contribution < 1.29 is 23.6 Å². The van der Waals surface area contributed by atoms with Gasteiger partial charge in [-0.15, -0.1) is 23.5 Å². The van der Waals surface area contributed by atoms with E-state index in [0.717, 1.165) is 11.5 Å². The van der Waals surface area contributed by atoms with Crippen LogP contribution in [-0.4, -0.2) is 42.3 Å². The molecule has 1 aliphatic rings. The number of methoxy groups -OCH3 is 1. The number of benzene rings is 2. The second-order valence-electron chi connectivity index (χ2n) is 7.07. The van der Waals surface area contributed by atoms with Gasteiger partial charge in [0.25, 0.3) is 11.6 Å². The topological polar surface area (TPSA) is 116 Å². The second kappa shape index (κ2) is 11.1. The van der Waals surface area contributed by atoms with Crippen molar-refractivity contribution in [3.8, 4) is 22.8 Å². The fraction of sp³-hybridized carbons (Fsp3) is 0.217. The zero-order chi connectivity index (χ0) is 23.9. The van der Waals surface area contributed by atoms with Gasteiger partial charge in [-0.05, 0) is 35.9 Å². The van der Waals surface area contributed by atoms with E-state index in [0.29, 0.717) is 33.2 Å². The molecule has 176 valence electrons. The Morgan fingerprint density at radius 3 is 2.68 bits per heavy atom. The van der Waals surface area contributed by atoms with Gasteiger partial charge >= 0.3 is 0 Å². The molecule has 1 fully saturated rings. The first-order chi connectivity index (χ1) is 16.5. The minimum atomic E-state index is -0.492. The lowest BCUT2D eigenvalue weighted by molar-refractivity contribution is -0.384. The van der Waals surface area contributed by atoms with Crippen LogP contribution in [0.2, 0.25) is 0 Å². The third kappa shape index (κ3) is 5.91. The summed E-state index contributed by atoms with van der Waals surface area (Å²) in [5.41, 5.74) is 3.98. The number of nitrogens with one attached hydrogen (secondary N) is 1. The molecule has 0 unspecified atom stereocenters. The van der Waals surface area contributed by atoms with Crippen LogP contribution in [0.15, 0.2) is 64.1 Å². The maximum Gasteiger partial charge on any atom is 0.277 e. The number of ether oxygens (including phenoxy) is 2. The zero-order valence-corrected chi connectivity index (χ0v) is 19.8. The van der Waals surface area contributed by atoms with Crippen molar-refractivity contribution in [3.05, 3.63) is 76.0 Å². The quantitative estimate of drug-likeness (QED) is 0.252. The average Bonchev–Trinajstić information content (AvgIpc) is 3.55. The summed E-state index contributed by atoms with van der Waals surface area (Å²) in [6, 6.07) is 15.3. The number of carbonyl (C=O) groups is 1. The number of nitro groups is 1. The van der Waals surface area contributed by atoms with Crippen LogP contribution in [0.3, 0.4) is 0 Å². The minimum Gasteiger partial charge on any atom is -0.496 e. The smallest absolute Gasteiger partial charge is 0.277 e. The monoisotopic (exact) mass is 499 g/mol. The number of hydrogen-bond acceptors (Lipinski definition) is 9. The molecule has 0 spiro atoms. The maximum atomic E-state index is 12.0. The van der Waals surface area contributed by atoms with Crippen LogP contribution in [0.1, 0.15) is 15.9 Å². The molecule has 0 radical (unpaired) electrons. The van der Waals surface area contributed by atoms with Crippen LogP contribution in [-0.2, 0) is 4.79 Å². The molecule has 1 saturated heterocycles. The largest absolute Gasteiger partial charge is 0.496 e. The second-order valence-corrected chi connectivity index (χ2v) is 9.79. The number of amides is 1. The Balaban J connectivity index is 1.30. The van der Waals surface area contributed by atoms with Crippen molar-refractivity contribution in [2.45, 2.75) is 4.58 Å². The van der Waals surface area contributed by atoms with Gasteiger partial charge < -0.3 is 13.9 Å². The Labute approximate surface area is 204 Å². The number of non-ortho nitro benzene ring substituents is 1. The van der Waals surface area contributed by atoms with Gasteiger partial charge in [0.2, 0.25) is 0 Å². The Bertz CT molecular complexity index is 1190.